The molecule has 0 aliphatic carbocycles. The number of nitrogens with zero attached hydrogens (tertiary/aromatic N) is 2. The van der Waals surface area contributed by atoms with E-state index in [4.69, 9.17) is 14.2 Å². The van der Waals surface area contributed by atoms with Crippen LogP contribution in [0.5, 0.6) is 0 Å². The van der Waals surface area contributed by atoms with Gasteiger partial charge in [-0.25, -0.2) is 9.59 Å². The smallest absolute Gasteiger partial charge is 0.414 e. The predicted molar refractivity (Wildman–Crippen MR) is 119 cm³/mol. The fourth-order valence-electron chi connectivity index (χ4n) is 3.99. The Morgan fingerprint density at radius 3 is 2.29 bits per heavy atom. The number of rotatable bonds is 3. The lowest BCUT2D eigenvalue weighted by Crippen LogP contribution is -2.36. The Labute approximate surface area is 181 Å². The van der Waals surface area contributed by atoms with E-state index in [0.717, 1.165) is 43.0 Å². The van der Waals surface area contributed by atoms with Crippen LogP contribution >= 0.6 is 0 Å². The van der Waals surface area contributed by atoms with Crippen LogP contribution in [0.3, 0.4) is 0 Å². The second-order valence-corrected chi connectivity index (χ2v) is 7.45. The van der Waals surface area contributed by atoms with Crippen LogP contribution in [0.25, 0.3) is 17.2 Å². The van der Waals surface area contributed by atoms with E-state index in [0.29, 0.717) is 24.2 Å². The SMILES string of the molecule is COC(=O)C1=Cc2cc(-c3ccc(N4CCOCC4)cc3)ccc2N(C(=O)OC)CC1. The topological polar surface area (TPSA) is 68.3 Å². The lowest BCUT2D eigenvalue weighted by atomic mass is 10.00. The van der Waals surface area contributed by atoms with Gasteiger partial charge in [0.15, 0.2) is 0 Å². The molecular weight excluding hydrogens is 396 g/mol. The third-order valence-corrected chi connectivity index (χ3v) is 5.67. The second kappa shape index (κ2) is 9.22. The van der Waals surface area contributed by atoms with Crippen molar-refractivity contribution in [2.75, 3.05) is 56.9 Å². The highest BCUT2D eigenvalue weighted by Gasteiger charge is 2.25. The molecule has 0 radical (unpaired) electrons. The lowest BCUT2D eigenvalue weighted by Gasteiger charge is -2.29. The number of methoxy groups -OCH3 is 2. The van der Waals surface area contributed by atoms with Gasteiger partial charge in [0, 0.05) is 30.9 Å². The van der Waals surface area contributed by atoms with Crippen molar-refractivity contribution in [3.8, 4) is 11.1 Å². The molecular formula is C24H26N2O5. The zero-order valence-corrected chi connectivity index (χ0v) is 17.8. The highest BCUT2D eigenvalue weighted by Crippen LogP contribution is 2.33. The fraction of sp³-hybridized carbons (Fsp3) is 0.333. The van der Waals surface area contributed by atoms with Crippen molar-refractivity contribution in [1.29, 1.82) is 0 Å². The van der Waals surface area contributed by atoms with Gasteiger partial charge in [-0.3, -0.25) is 4.90 Å². The van der Waals surface area contributed by atoms with Gasteiger partial charge in [0.1, 0.15) is 0 Å². The first-order valence-electron chi connectivity index (χ1n) is 10.3. The normalized spacial score (nSPS) is 16.1. The Morgan fingerprint density at radius 1 is 0.903 bits per heavy atom. The van der Waals surface area contributed by atoms with Crippen molar-refractivity contribution in [2.45, 2.75) is 6.42 Å². The summed E-state index contributed by atoms with van der Waals surface area (Å²) in [6, 6.07) is 14.3. The van der Waals surface area contributed by atoms with Crippen LogP contribution in [-0.2, 0) is 19.0 Å². The van der Waals surface area contributed by atoms with Gasteiger partial charge in [0.05, 0.1) is 33.1 Å². The molecule has 1 saturated heterocycles. The average Bonchev–Trinajstić information content (AvgIpc) is 3.03. The summed E-state index contributed by atoms with van der Waals surface area (Å²) < 4.78 is 15.3. The van der Waals surface area contributed by atoms with Crippen molar-refractivity contribution in [2.24, 2.45) is 0 Å². The summed E-state index contributed by atoms with van der Waals surface area (Å²) in [7, 11) is 2.71. The summed E-state index contributed by atoms with van der Waals surface area (Å²) in [6.07, 6.45) is 1.74. The molecule has 2 aromatic carbocycles. The maximum atomic E-state index is 12.3. The number of fused-ring (bicyclic) bond motifs is 1. The van der Waals surface area contributed by atoms with Crippen LogP contribution in [0, 0.1) is 0 Å². The summed E-state index contributed by atoms with van der Waals surface area (Å²) >= 11 is 0. The van der Waals surface area contributed by atoms with Crippen molar-refractivity contribution < 1.29 is 23.8 Å². The van der Waals surface area contributed by atoms with Gasteiger partial charge in [-0.1, -0.05) is 18.2 Å². The first-order valence-corrected chi connectivity index (χ1v) is 10.3. The van der Waals surface area contributed by atoms with Crippen LogP contribution in [-0.4, -0.2) is 59.1 Å². The third-order valence-electron chi connectivity index (χ3n) is 5.67. The Kier molecular flexibility index (Phi) is 6.23. The second-order valence-electron chi connectivity index (χ2n) is 7.45. The number of anilines is 2. The van der Waals surface area contributed by atoms with Gasteiger partial charge in [0.25, 0.3) is 0 Å². The van der Waals surface area contributed by atoms with Crippen molar-refractivity contribution >= 4 is 29.5 Å². The Balaban J connectivity index is 1.68. The highest BCUT2D eigenvalue weighted by atomic mass is 16.5. The Bertz CT molecular complexity index is 994. The largest absolute Gasteiger partial charge is 0.466 e. The molecule has 0 atom stereocenters. The number of benzene rings is 2. The van der Waals surface area contributed by atoms with E-state index in [1.165, 1.54) is 19.9 Å². The van der Waals surface area contributed by atoms with Gasteiger partial charge in [-0.2, -0.15) is 0 Å². The molecule has 2 aliphatic rings. The van der Waals surface area contributed by atoms with Gasteiger partial charge >= 0.3 is 12.1 Å². The first-order chi connectivity index (χ1) is 15.1. The molecule has 4 rings (SSSR count). The minimum absolute atomic E-state index is 0.341. The minimum atomic E-state index is -0.455. The standard InChI is InChI=1S/C24H26N2O5/c1-29-23(27)19-9-10-26(24(28)30-2)22-8-5-18(15-20(22)16-19)17-3-6-21(7-4-17)25-11-13-31-14-12-25/h3-8,15-16H,9-14H2,1-2H3. The number of morpholine rings is 1. The molecule has 0 bridgehead atoms. The van der Waals surface area contributed by atoms with Crippen molar-refractivity contribution in [1.82, 2.24) is 0 Å². The maximum Gasteiger partial charge on any atom is 0.414 e. The number of carbonyl (C=O) groups excluding carboxylic acids is 2. The quantitative estimate of drug-likeness (QED) is 0.703. The molecule has 0 aromatic heterocycles. The van der Waals surface area contributed by atoms with E-state index >= 15 is 0 Å². The van der Waals surface area contributed by atoms with E-state index in [9.17, 15) is 9.59 Å². The fourth-order valence-corrected chi connectivity index (χ4v) is 3.99. The summed E-state index contributed by atoms with van der Waals surface area (Å²) in [5.74, 6) is -0.391. The predicted octanol–water partition coefficient (Wildman–Crippen LogP) is 3.72. The molecule has 7 nitrogen and oxygen atoms in total. The van der Waals surface area contributed by atoms with E-state index in [-0.39, 0.29) is 0 Å². The van der Waals surface area contributed by atoms with Gasteiger partial charge in [-0.15, -0.1) is 0 Å². The average molecular weight is 422 g/mol. The molecule has 7 heteroatoms. The number of carbonyl (C=O) groups is 2. The number of esters is 1. The van der Waals surface area contributed by atoms with Crippen molar-refractivity contribution in [3.63, 3.8) is 0 Å². The zero-order chi connectivity index (χ0) is 21.8. The summed E-state index contributed by atoms with van der Waals surface area (Å²) in [6.45, 7) is 3.62. The molecule has 1 amide bonds. The number of ether oxygens (including phenoxy) is 3. The number of hydrogen-bond donors (Lipinski definition) is 0. The summed E-state index contributed by atoms with van der Waals surface area (Å²) in [5, 5.41) is 0. The van der Waals surface area contributed by atoms with Crippen LogP contribution in [0.1, 0.15) is 12.0 Å². The summed E-state index contributed by atoms with van der Waals surface area (Å²) in [5.41, 5.74) is 5.24. The molecule has 0 unspecified atom stereocenters. The van der Waals surface area contributed by atoms with Crippen LogP contribution < -0.4 is 9.80 Å². The van der Waals surface area contributed by atoms with Crippen LogP contribution in [0.15, 0.2) is 48.0 Å². The maximum absolute atomic E-state index is 12.3. The minimum Gasteiger partial charge on any atom is -0.466 e. The third kappa shape index (κ3) is 4.41. The monoisotopic (exact) mass is 422 g/mol. The molecule has 1 fully saturated rings. The number of hydrogen-bond acceptors (Lipinski definition) is 6. The molecule has 162 valence electrons. The lowest BCUT2D eigenvalue weighted by molar-refractivity contribution is -0.136. The molecule has 2 aromatic rings. The number of amides is 1. The molecule has 31 heavy (non-hydrogen) atoms. The zero-order valence-electron chi connectivity index (χ0n) is 17.8. The van der Waals surface area contributed by atoms with Crippen LogP contribution in [0.2, 0.25) is 0 Å². The van der Waals surface area contributed by atoms with E-state index in [2.05, 4.69) is 29.2 Å². The van der Waals surface area contributed by atoms with E-state index in [1.807, 2.05) is 18.2 Å². The highest BCUT2D eigenvalue weighted by molar-refractivity contribution is 5.99. The van der Waals surface area contributed by atoms with Crippen LogP contribution in [0.4, 0.5) is 16.2 Å². The first kappa shape index (κ1) is 20.9. The van der Waals surface area contributed by atoms with E-state index < -0.39 is 12.1 Å². The van der Waals surface area contributed by atoms with Gasteiger partial charge < -0.3 is 19.1 Å². The Hall–Kier alpha value is -3.32. The molecule has 2 heterocycles. The Morgan fingerprint density at radius 2 is 1.61 bits per heavy atom. The molecule has 0 N–H and O–H groups in total. The molecule has 0 spiro atoms. The van der Waals surface area contributed by atoms with Gasteiger partial charge in [-0.05, 0) is 53.5 Å². The van der Waals surface area contributed by atoms with E-state index in [1.54, 1.807) is 11.0 Å². The molecule has 2 aliphatic heterocycles. The summed E-state index contributed by atoms with van der Waals surface area (Å²) in [4.78, 5) is 28.4. The van der Waals surface area contributed by atoms with Gasteiger partial charge in [0.2, 0.25) is 0 Å². The van der Waals surface area contributed by atoms with Crippen molar-refractivity contribution in [3.05, 3.63) is 53.6 Å². The molecule has 0 saturated carbocycles.